The number of carbonyl (C=O) groups is 2. The smallest absolute Gasteiger partial charge is 0.249 e. The first kappa shape index (κ1) is 22.8. The quantitative estimate of drug-likeness (QED) is 0.591. The van der Waals surface area contributed by atoms with Crippen molar-refractivity contribution in [2.45, 2.75) is 63.8 Å². The topological polar surface area (TPSA) is 79.5 Å². The highest BCUT2D eigenvalue weighted by Crippen LogP contribution is 2.32. The number of amides is 2. The maximum atomic E-state index is 13.1. The van der Waals surface area contributed by atoms with Crippen molar-refractivity contribution in [2.75, 3.05) is 20.1 Å². The van der Waals surface area contributed by atoms with Gasteiger partial charge in [0.05, 0.1) is 6.54 Å². The summed E-state index contributed by atoms with van der Waals surface area (Å²) < 4.78 is 5.55. The molecular formula is C24H31ClN4O3. The molecule has 32 heavy (non-hydrogen) atoms. The predicted molar refractivity (Wildman–Crippen MR) is 122 cm³/mol. The summed E-state index contributed by atoms with van der Waals surface area (Å²) in [4.78, 5) is 33.6. The van der Waals surface area contributed by atoms with E-state index in [9.17, 15) is 9.59 Å². The van der Waals surface area contributed by atoms with E-state index in [4.69, 9.17) is 16.1 Å². The van der Waals surface area contributed by atoms with Gasteiger partial charge >= 0.3 is 0 Å². The third-order valence-electron chi connectivity index (χ3n) is 6.67. The van der Waals surface area contributed by atoms with E-state index < -0.39 is 0 Å². The predicted octanol–water partition coefficient (Wildman–Crippen LogP) is 4.87. The number of carbonyl (C=O) groups excluding carboxylic acids is 2. The lowest BCUT2D eigenvalue weighted by Crippen LogP contribution is -2.45. The zero-order valence-corrected chi connectivity index (χ0v) is 19.4. The van der Waals surface area contributed by atoms with Crippen molar-refractivity contribution >= 4 is 23.4 Å². The van der Waals surface area contributed by atoms with Crippen LogP contribution in [0.25, 0.3) is 11.4 Å². The standard InChI is InChI=1S/C24H31ClN4O3/c1-28(21(30)13-12-17-7-2-3-8-17)16-22(31)29-14-5-4-11-20(29)24-26-23(27-32-24)18-9-6-10-19(25)15-18/h6,9-10,15,17,20H,2-5,7-8,11-14,16H2,1H3. The highest BCUT2D eigenvalue weighted by atomic mass is 35.5. The number of piperidine rings is 1. The van der Waals surface area contributed by atoms with E-state index in [1.165, 1.54) is 25.7 Å². The zero-order chi connectivity index (χ0) is 22.5. The molecule has 2 heterocycles. The van der Waals surface area contributed by atoms with Gasteiger partial charge in [0.1, 0.15) is 6.04 Å². The summed E-state index contributed by atoms with van der Waals surface area (Å²) in [5.41, 5.74) is 0.772. The van der Waals surface area contributed by atoms with Crippen LogP contribution in [0, 0.1) is 5.92 Å². The summed E-state index contributed by atoms with van der Waals surface area (Å²) in [5, 5.41) is 4.70. The molecule has 1 saturated carbocycles. The minimum Gasteiger partial charge on any atom is -0.337 e. The van der Waals surface area contributed by atoms with Gasteiger partial charge in [-0.05, 0) is 43.7 Å². The molecule has 4 rings (SSSR count). The van der Waals surface area contributed by atoms with E-state index in [1.807, 2.05) is 12.1 Å². The molecule has 172 valence electrons. The molecule has 2 aromatic rings. The lowest BCUT2D eigenvalue weighted by Gasteiger charge is -2.34. The fourth-order valence-electron chi connectivity index (χ4n) is 4.80. The number of nitrogens with zero attached hydrogens (tertiary/aromatic N) is 4. The monoisotopic (exact) mass is 458 g/mol. The highest BCUT2D eigenvalue weighted by Gasteiger charge is 2.33. The Labute approximate surface area is 194 Å². The lowest BCUT2D eigenvalue weighted by molar-refractivity contribution is -0.142. The van der Waals surface area contributed by atoms with Gasteiger partial charge in [0.2, 0.25) is 23.5 Å². The molecule has 1 aromatic heterocycles. The molecule has 2 amide bonds. The van der Waals surface area contributed by atoms with E-state index >= 15 is 0 Å². The van der Waals surface area contributed by atoms with E-state index in [1.54, 1.807) is 29.0 Å². The number of likely N-dealkylation sites (tertiary alicyclic amines) is 1. The van der Waals surface area contributed by atoms with E-state index in [-0.39, 0.29) is 24.4 Å². The molecule has 2 aliphatic rings. The number of benzene rings is 1. The molecule has 2 fully saturated rings. The summed E-state index contributed by atoms with van der Waals surface area (Å²) in [6.07, 6.45) is 9.14. The van der Waals surface area contributed by atoms with Gasteiger partial charge in [-0.3, -0.25) is 9.59 Å². The fourth-order valence-corrected chi connectivity index (χ4v) is 4.99. The second kappa shape index (κ2) is 10.5. The lowest BCUT2D eigenvalue weighted by atomic mass is 10.0. The summed E-state index contributed by atoms with van der Waals surface area (Å²) >= 11 is 6.08. The summed E-state index contributed by atoms with van der Waals surface area (Å²) in [7, 11) is 1.72. The molecule has 0 radical (unpaired) electrons. The molecule has 1 aliphatic heterocycles. The molecule has 1 atom stereocenters. The van der Waals surface area contributed by atoms with Crippen molar-refractivity contribution in [1.82, 2.24) is 19.9 Å². The molecule has 7 nitrogen and oxygen atoms in total. The Bertz CT molecular complexity index is 941. The molecule has 0 spiro atoms. The van der Waals surface area contributed by atoms with Crippen LogP contribution in [0.15, 0.2) is 28.8 Å². The van der Waals surface area contributed by atoms with Gasteiger partial charge in [0.25, 0.3) is 0 Å². The first-order valence-electron chi connectivity index (χ1n) is 11.6. The van der Waals surface area contributed by atoms with Gasteiger partial charge < -0.3 is 14.3 Å². The van der Waals surface area contributed by atoms with Gasteiger partial charge in [0.15, 0.2) is 0 Å². The average Bonchev–Trinajstić information content (AvgIpc) is 3.50. The third-order valence-corrected chi connectivity index (χ3v) is 6.91. The first-order chi connectivity index (χ1) is 15.5. The minimum absolute atomic E-state index is 0.0415. The number of hydrogen-bond acceptors (Lipinski definition) is 5. The summed E-state index contributed by atoms with van der Waals surface area (Å²) in [6, 6.07) is 7.02. The molecule has 1 unspecified atom stereocenters. The second-order valence-electron chi connectivity index (χ2n) is 9.00. The van der Waals surface area contributed by atoms with Crippen LogP contribution in [-0.2, 0) is 9.59 Å². The normalized spacial score (nSPS) is 19.3. The van der Waals surface area contributed by atoms with E-state index in [0.717, 1.165) is 31.2 Å². The van der Waals surface area contributed by atoms with Crippen LogP contribution in [0.3, 0.4) is 0 Å². The van der Waals surface area contributed by atoms with Crippen LogP contribution in [0.1, 0.15) is 69.7 Å². The Morgan fingerprint density at radius 2 is 1.97 bits per heavy atom. The second-order valence-corrected chi connectivity index (χ2v) is 9.44. The number of rotatable bonds is 7. The van der Waals surface area contributed by atoms with Crippen molar-refractivity contribution in [3.8, 4) is 11.4 Å². The van der Waals surface area contributed by atoms with Gasteiger partial charge in [-0.15, -0.1) is 0 Å². The number of likely N-dealkylation sites (N-methyl/N-ethyl adjacent to an activating group) is 1. The SMILES string of the molecule is CN(CC(=O)N1CCCCC1c1nc(-c2cccc(Cl)c2)no1)C(=O)CCC1CCCC1. The number of aromatic nitrogens is 2. The van der Waals surface area contributed by atoms with Crippen LogP contribution in [-0.4, -0.2) is 51.9 Å². The molecule has 1 aromatic carbocycles. The maximum absolute atomic E-state index is 13.1. The molecule has 8 heteroatoms. The number of hydrogen-bond donors (Lipinski definition) is 0. The molecule has 0 N–H and O–H groups in total. The van der Waals surface area contributed by atoms with E-state index in [0.29, 0.717) is 35.6 Å². The highest BCUT2D eigenvalue weighted by molar-refractivity contribution is 6.30. The maximum Gasteiger partial charge on any atom is 0.249 e. The van der Waals surface area contributed by atoms with Crippen LogP contribution in [0.2, 0.25) is 5.02 Å². The molecule has 1 saturated heterocycles. The van der Waals surface area contributed by atoms with Gasteiger partial charge in [-0.1, -0.05) is 54.6 Å². The third kappa shape index (κ3) is 5.49. The zero-order valence-electron chi connectivity index (χ0n) is 18.6. The number of halogens is 1. The molecule has 0 bridgehead atoms. The summed E-state index contributed by atoms with van der Waals surface area (Å²) in [5.74, 6) is 1.53. The van der Waals surface area contributed by atoms with Crippen molar-refractivity contribution in [3.05, 3.63) is 35.2 Å². The van der Waals surface area contributed by atoms with E-state index in [2.05, 4.69) is 10.1 Å². The Balaban J connectivity index is 1.38. The van der Waals surface area contributed by atoms with Crippen LogP contribution in [0.5, 0.6) is 0 Å². The first-order valence-corrected chi connectivity index (χ1v) is 12.0. The van der Waals surface area contributed by atoms with Gasteiger partial charge in [-0.25, -0.2) is 0 Å². The summed E-state index contributed by atoms with van der Waals surface area (Å²) in [6.45, 7) is 0.706. The van der Waals surface area contributed by atoms with Crippen molar-refractivity contribution in [3.63, 3.8) is 0 Å². The Hall–Kier alpha value is -2.41. The van der Waals surface area contributed by atoms with Crippen molar-refractivity contribution in [1.29, 1.82) is 0 Å². The Kier molecular flexibility index (Phi) is 7.45. The molecule has 1 aliphatic carbocycles. The van der Waals surface area contributed by atoms with Crippen LogP contribution in [0.4, 0.5) is 0 Å². The average molecular weight is 459 g/mol. The minimum atomic E-state index is -0.265. The Morgan fingerprint density at radius 3 is 2.75 bits per heavy atom. The van der Waals surface area contributed by atoms with Crippen LogP contribution >= 0.6 is 11.6 Å². The van der Waals surface area contributed by atoms with Gasteiger partial charge in [-0.2, -0.15) is 4.98 Å². The van der Waals surface area contributed by atoms with Crippen molar-refractivity contribution < 1.29 is 14.1 Å². The molecular weight excluding hydrogens is 428 g/mol. The van der Waals surface area contributed by atoms with Crippen molar-refractivity contribution in [2.24, 2.45) is 5.92 Å². The van der Waals surface area contributed by atoms with Gasteiger partial charge in [0, 0.05) is 30.6 Å². The fraction of sp³-hybridized carbons (Fsp3) is 0.583. The Morgan fingerprint density at radius 1 is 1.19 bits per heavy atom. The van der Waals surface area contributed by atoms with Crippen LogP contribution < -0.4 is 0 Å². The largest absolute Gasteiger partial charge is 0.337 e.